The number of anilines is 1. The summed E-state index contributed by atoms with van der Waals surface area (Å²) in [6, 6.07) is 10.9. The third-order valence-corrected chi connectivity index (χ3v) is 3.02. The molecule has 0 atom stereocenters. The van der Waals surface area contributed by atoms with E-state index < -0.39 is 0 Å². The molecule has 18 heavy (non-hydrogen) atoms. The molecule has 3 nitrogen and oxygen atoms in total. The van der Waals surface area contributed by atoms with Crippen molar-refractivity contribution < 1.29 is 0 Å². The first-order valence-electron chi connectivity index (χ1n) is 6.50. The van der Waals surface area contributed by atoms with Gasteiger partial charge in [-0.25, -0.2) is 0 Å². The molecule has 2 aromatic rings. The van der Waals surface area contributed by atoms with Crippen LogP contribution in [0.15, 0.2) is 36.5 Å². The Morgan fingerprint density at radius 2 is 1.94 bits per heavy atom. The van der Waals surface area contributed by atoms with Gasteiger partial charge < -0.3 is 5.32 Å². The van der Waals surface area contributed by atoms with Crippen molar-refractivity contribution in [1.29, 1.82) is 0 Å². The Labute approximate surface area is 109 Å². The number of aryl methyl sites for hydroxylation is 1. The second-order valence-corrected chi connectivity index (χ2v) is 4.86. The minimum absolute atomic E-state index is 0.411. The monoisotopic (exact) mass is 243 g/mol. The molecule has 96 valence electrons. The topological polar surface area (TPSA) is 29.9 Å². The van der Waals surface area contributed by atoms with Crippen molar-refractivity contribution in [3.63, 3.8) is 0 Å². The van der Waals surface area contributed by atoms with Crippen molar-refractivity contribution in [2.75, 3.05) is 11.9 Å². The molecular formula is C15H21N3. The Kier molecular flexibility index (Phi) is 4.03. The highest BCUT2D eigenvalue weighted by Gasteiger charge is 2.06. The predicted octanol–water partition coefficient (Wildman–Crippen LogP) is 3.43. The number of hydrogen-bond acceptors (Lipinski definition) is 2. The molecule has 0 aliphatic carbocycles. The molecule has 2 rings (SSSR count). The number of nitrogens with zero attached hydrogens (tertiary/aromatic N) is 2. The molecule has 0 amide bonds. The average molecular weight is 243 g/mol. The lowest BCUT2D eigenvalue weighted by Gasteiger charge is -2.05. The summed E-state index contributed by atoms with van der Waals surface area (Å²) >= 11 is 0. The van der Waals surface area contributed by atoms with Gasteiger partial charge in [-0.3, -0.25) is 4.68 Å². The van der Waals surface area contributed by atoms with Gasteiger partial charge in [-0.2, -0.15) is 5.10 Å². The highest BCUT2D eigenvalue weighted by molar-refractivity contribution is 5.45. The normalized spacial score (nSPS) is 10.9. The van der Waals surface area contributed by atoms with Crippen LogP contribution in [0.1, 0.15) is 31.1 Å². The largest absolute Gasteiger partial charge is 0.382 e. The number of benzene rings is 1. The van der Waals surface area contributed by atoms with Crippen molar-refractivity contribution in [2.45, 2.75) is 33.2 Å². The molecule has 0 saturated carbocycles. The summed E-state index contributed by atoms with van der Waals surface area (Å²) < 4.78 is 2.00. The van der Waals surface area contributed by atoms with Gasteiger partial charge in [0.05, 0.1) is 11.4 Å². The highest BCUT2D eigenvalue weighted by atomic mass is 15.3. The third kappa shape index (κ3) is 3.13. The molecular weight excluding hydrogens is 222 g/mol. The quantitative estimate of drug-likeness (QED) is 0.872. The van der Waals surface area contributed by atoms with E-state index in [9.17, 15) is 0 Å². The van der Waals surface area contributed by atoms with Crippen LogP contribution in [0, 0.1) is 6.92 Å². The summed E-state index contributed by atoms with van der Waals surface area (Å²) in [7, 11) is 0. The minimum atomic E-state index is 0.411. The smallest absolute Gasteiger partial charge is 0.0825 e. The summed E-state index contributed by atoms with van der Waals surface area (Å²) in [5.41, 5.74) is 3.57. The maximum Gasteiger partial charge on any atom is 0.0825 e. The van der Waals surface area contributed by atoms with Crippen LogP contribution < -0.4 is 5.32 Å². The van der Waals surface area contributed by atoms with Gasteiger partial charge in [-0.1, -0.05) is 30.3 Å². The molecule has 0 radical (unpaired) electrons. The van der Waals surface area contributed by atoms with Gasteiger partial charge in [-0.15, -0.1) is 0 Å². The lowest BCUT2D eigenvalue weighted by Crippen LogP contribution is -2.05. The van der Waals surface area contributed by atoms with Gasteiger partial charge in [0.2, 0.25) is 0 Å². The molecule has 0 unspecified atom stereocenters. The second-order valence-electron chi connectivity index (χ2n) is 4.86. The fourth-order valence-electron chi connectivity index (χ4n) is 1.91. The number of rotatable bonds is 5. The van der Waals surface area contributed by atoms with Crippen LogP contribution >= 0.6 is 0 Å². The van der Waals surface area contributed by atoms with Crippen molar-refractivity contribution in [3.05, 3.63) is 47.8 Å². The molecule has 1 N–H and O–H groups in total. The predicted molar refractivity (Wildman–Crippen MR) is 76.0 cm³/mol. The van der Waals surface area contributed by atoms with Crippen molar-refractivity contribution in [2.24, 2.45) is 0 Å². The zero-order valence-electron chi connectivity index (χ0n) is 11.4. The average Bonchev–Trinajstić information content (AvgIpc) is 2.73. The van der Waals surface area contributed by atoms with Gasteiger partial charge in [0.15, 0.2) is 0 Å². The van der Waals surface area contributed by atoms with E-state index in [4.69, 9.17) is 0 Å². The molecule has 0 spiro atoms. The van der Waals surface area contributed by atoms with E-state index in [-0.39, 0.29) is 0 Å². The molecule has 0 aliphatic rings. The van der Waals surface area contributed by atoms with Crippen LogP contribution in [0.3, 0.4) is 0 Å². The highest BCUT2D eigenvalue weighted by Crippen LogP contribution is 2.15. The summed E-state index contributed by atoms with van der Waals surface area (Å²) in [6.45, 7) is 7.26. The summed E-state index contributed by atoms with van der Waals surface area (Å²) in [6.07, 6.45) is 3.12. The van der Waals surface area contributed by atoms with E-state index in [0.29, 0.717) is 6.04 Å². The SMILES string of the molecule is Cc1nn(C(C)C)cc1NCCc1ccccc1. The van der Waals surface area contributed by atoms with Crippen LogP contribution in [0.25, 0.3) is 0 Å². The molecule has 0 fully saturated rings. The first-order valence-corrected chi connectivity index (χ1v) is 6.50. The molecule has 1 aromatic carbocycles. The Morgan fingerprint density at radius 3 is 2.56 bits per heavy atom. The van der Waals surface area contributed by atoms with Crippen LogP contribution in [-0.2, 0) is 6.42 Å². The molecule has 1 aromatic heterocycles. The molecule has 3 heteroatoms. The van der Waals surface area contributed by atoms with E-state index in [2.05, 4.69) is 54.7 Å². The van der Waals surface area contributed by atoms with Crippen molar-refractivity contribution in [3.8, 4) is 0 Å². The van der Waals surface area contributed by atoms with E-state index in [0.717, 1.165) is 24.3 Å². The first kappa shape index (κ1) is 12.7. The van der Waals surface area contributed by atoms with Crippen LogP contribution in [0.5, 0.6) is 0 Å². The van der Waals surface area contributed by atoms with Crippen molar-refractivity contribution in [1.82, 2.24) is 9.78 Å². The van der Waals surface area contributed by atoms with E-state index in [1.54, 1.807) is 0 Å². The molecule has 1 heterocycles. The lowest BCUT2D eigenvalue weighted by molar-refractivity contribution is 0.529. The molecule has 0 aliphatic heterocycles. The molecule has 0 saturated heterocycles. The maximum atomic E-state index is 4.49. The lowest BCUT2D eigenvalue weighted by atomic mass is 10.1. The van der Waals surface area contributed by atoms with E-state index in [1.807, 2.05) is 17.7 Å². The number of nitrogens with one attached hydrogen (secondary N) is 1. The summed E-state index contributed by atoms with van der Waals surface area (Å²) in [4.78, 5) is 0. The van der Waals surface area contributed by atoms with Gasteiger partial charge in [0.1, 0.15) is 0 Å². The van der Waals surface area contributed by atoms with Crippen molar-refractivity contribution >= 4 is 5.69 Å². The zero-order valence-corrected chi connectivity index (χ0v) is 11.4. The Morgan fingerprint density at radius 1 is 1.22 bits per heavy atom. The Hall–Kier alpha value is -1.77. The minimum Gasteiger partial charge on any atom is -0.382 e. The Balaban J connectivity index is 1.90. The number of aromatic nitrogens is 2. The fraction of sp³-hybridized carbons (Fsp3) is 0.400. The van der Waals surface area contributed by atoms with Gasteiger partial charge >= 0.3 is 0 Å². The summed E-state index contributed by atoms with van der Waals surface area (Å²) in [5.74, 6) is 0. The standard InChI is InChI=1S/C15H21N3/c1-12(2)18-11-15(13(3)17-18)16-10-9-14-7-5-4-6-8-14/h4-8,11-12,16H,9-10H2,1-3H3. The fourth-order valence-corrected chi connectivity index (χ4v) is 1.91. The third-order valence-electron chi connectivity index (χ3n) is 3.02. The van der Waals surface area contributed by atoms with Crippen LogP contribution in [0.2, 0.25) is 0 Å². The van der Waals surface area contributed by atoms with Gasteiger partial charge in [0, 0.05) is 18.8 Å². The maximum absolute atomic E-state index is 4.49. The summed E-state index contributed by atoms with van der Waals surface area (Å²) in [5, 5.41) is 7.94. The van der Waals surface area contributed by atoms with Gasteiger partial charge in [0.25, 0.3) is 0 Å². The van der Waals surface area contributed by atoms with E-state index >= 15 is 0 Å². The van der Waals surface area contributed by atoms with Gasteiger partial charge in [-0.05, 0) is 32.8 Å². The second kappa shape index (κ2) is 5.71. The first-order chi connectivity index (χ1) is 8.66. The molecule has 0 bridgehead atoms. The van der Waals surface area contributed by atoms with Crippen LogP contribution in [-0.4, -0.2) is 16.3 Å². The number of hydrogen-bond donors (Lipinski definition) is 1. The van der Waals surface area contributed by atoms with E-state index in [1.165, 1.54) is 5.56 Å². The van der Waals surface area contributed by atoms with Crippen LogP contribution in [0.4, 0.5) is 5.69 Å². The zero-order chi connectivity index (χ0) is 13.0. The Bertz CT molecular complexity index is 486.